The Morgan fingerprint density at radius 1 is 0.712 bits per heavy atom. The van der Waals surface area contributed by atoms with Crippen LogP contribution in [0.4, 0.5) is 11.4 Å². The Labute approximate surface area is 343 Å². The van der Waals surface area contributed by atoms with Gasteiger partial charge in [-0.05, 0) is 124 Å². The van der Waals surface area contributed by atoms with Gasteiger partial charge in [0, 0.05) is 36.3 Å². The molecule has 1 aromatic heterocycles. The summed E-state index contributed by atoms with van der Waals surface area (Å²) in [7, 11) is 0. The van der Waals surface area contributed by atoms with Crippen molar-refractivity contribution in [3.05, 3.63) is 176 Å². The zero-order chi connectivity index (χ0) is 36.8. The molecule has 0 atom stereocenters. The summed E-state index contributed by atoms with van der Waals surface area (Å²) in [6, 6.07) is 37.2. The predicted octanol–water partition coefficient (Wildman–Crippen LogP) is 11.0. The Hall–Kier alpha value is -3.58. The predicted molar refractivity (Wildman–Crippen MR) is 227 cm³/mol. The lowest BCUT2D eigenvalue weighted by Gasteiger charge is -2.37. The highest BCUT2D eigenvalue weighted by atomic mass is 127. The zero-order valence-electron chi connectivity index (χ0n) is 27.3. The molecule has 0 amide bonds. The average molecular weight is 1050 g/mol. The molecule has 10 nitrogen and oxygen atoms in total. The minimum atomic E-state index is -0.840. The fraction of sp³-hybridized carbons (Fsp3) is 0.158. The number of fused-ring (bicyclic) bond motifs is 2. The van der Waals surface area contributed by atoms with Crippen LogP contribution in [0.2, 0.25) is 0 Å². The van der Waals surface area contributed by atoms with Gasteiger partial charge in [0.25, 0.3) is 11.4 Å². The lowest BCUT2D eigenvalue weighted by Crippen LogP contribution is -2.38. The lowest BCUT2D eigenvalue weighted by atomic mass is 9.77. The van der Waals surface area contributed by atoms with E-state index in [2.05, 4.69) is 118 Å². The van der Waals surface area contributed by atoms with Crippen LogP contribution in [0.25, 0.3) is 10.9 Å². The minimum absolute atomic E-state index is 0.00290. The Kier molecular flexibility index (Phi) is 12.5. The summed E-state index contributed by atoms with van der Waals surface area (Å²) in [6.07, 6.45) is 2.56. The normalized spacial score (nSPS) is 13.3. The Morgan fingerprint density at radius 2 is 1.19 bits per heavy atom. The summed E-state index contributed by atoms with van der Waals surface area (Å²) in [5, 5.41) is 28.3. The minimum Gasteiger partial charge on any atom is -0.381 e. The highest BCUT2D eigenvalue weighted by Crippen LogP contribution is 2.44. The maximum absolute atomic E-state index is 11.8. The third-order valence-electron chi connectivity index (χ3n) is 8.60. The number of aromatic nitrogens is 2. The summed E-state index contributed by atoms with van der Waals surface area (Å²) in [4.78, 5) is 25.9. The number of nitrogens with zero attached hydrogens (tertiary/aromatic N) is 5. The van der Waals surface area contributed by atoms with Gasteiger partial charge in [0.05, 0.1) is 30.9 Å². The van der Waals surface area contributed by atoms with E-state index >= 15 is 0 Å². The second-order valence-corrected chi connectivity index (χ2v) is 15.5. The zero-order valence-corrected chi connectivity index (χ0v) is 34.8. The van der Waals surface area contributed by atoms with Crippen molar-refractivity contribution < 1.29 is 14.6 Å². The third-order valence-corrected chi connectivity index (χ3v) is 11.6. The van der Waals surface area contributed by atoms with E-state index < -0.39 is 10.5 Å². The molecule has 264 valence electrons. The van der Waals surface area contributed by atoms with E-state index in [0.717, 1.165) is 53.8 Å². The number of aliphatic imine (C=N–C) groups is 1. The van der Waals surface area contributed by atoms with Crippen LogP contribution in [0.15, 0.2) is 129 Å². The van der Waals surface area contributed by atoms with Crippen LogP contribution in [-0.4, -0.2) is 36.6 Å². The lowest BCUT2D eigenvalue weighted by molar-refractivity contribution is -0.385. The van der Waals surface area contributed by atoms with Crippen molar-refractivity contribution in [2.75, 3.05) is 13.2 Å². The number of rotatable bonds is 6. The highest BCUT2D eigenvalue weighted by Gasteiger charge is 2.41. The molecular weight excluding hydrogens is 1020 g/mol. The number of hydrogen-bond donors (Lipinski definition) is 0. The molecule has 0 unspecified atom stereocenters. The first-order chi connectivity index (χ1) is 25.1. The van der Waals surface area contributed by atoms with Crippen molar-refractivity contribution in [2.24, 2.45) is 4.99 Å². The van der Waals surface area contributed by atoms with E-state index in [4.69, 9.17) is 9.84 Å². The molecular formula is C38H29Br2I2N5O5. The molecule has 1 fully saturated rings. The molecule has 14 heteroatoms. The van der Waals surface area contributed by atoms with E-state index in [9.17, 15) is 20.2 Å². The van der Waals surface area contributed by atoms with Crippen LogP contribution in [0.5, 0.6) is 0 Å². The third kappa shape index (κ3) is 7.85. The first-order valence-corrected chi connectivity index (χ1v) is 19.8. The van der Waals surface area contributed by atoms with Gasteiger partial charge < -0.3 is 4.74 Å². The van der Waals surface area contributed by atoms with Crippen molar-refractivity contribution in [3.8, 4) is 0 Å². The second kappa shape index (κ2) is 17.0. The fourth-order valence-corrected chi connectivity index (χ4v) is 8.50. The van der Waals surface area contributed by atoms with Gasteiger partial charge >= 0.3 is 0 Å². The van der Waals surface area contributed by atoms with E-state index in [1.165, 1.54) is 12.8 Å². The molecule has 2 aliphatic heterocycles. The van der Waals surface area contributed by atoms with Crippen LogP contribution in [-0.2, 0) is 16.8 Å². The van der Waals surface area contributed by atoms with Gasteiger partial charge in [-0.2, -0.15) is 5.10 Å². The fourth-order valence-electron chi connectivity index (χ4n) is 6.21. The van der Waals surface area contributed by atoms with Crippen LogP contribution in [0.3, 0.4) is 0 Å². The number of ether oxygens (including phenoxy) is 1. The molecule has 8 rings (SSSR count). The summed E-state index contributed by atoms with van der Waals surface area (Å²) in [5.41, 5.74) is 4.88. The molecule has 52 heavy (non-hydrogen) atoms. The topological polar surface area (TPSA) is 126 Å². The van der Waals surface area contributed by atoms with Crippen LogP contribution >= 0.6 is 77.0 Å². The van der Waals surface area contributed by atoms with Crippen molar-refractivity contribution in [2.45, 2.75) is 24.9 Å². The van der Waals surface area contributed by atoms with Crippen LogP contribution < -0.4 is 0 Å². The quantitative estimate of drug-likeness (QED) is 0.0708. The first kappa shape index (κ1) is 38.2. The van der Waals surface area contributed by atoms with Gasteiger partial charge in [0.2, 0.25) is 0 Å². The summed E-state index contributed by atoms with van der Waals surface area (Å²) in [6.45, 7) is 2.54. The Bertz CT molecular complexity index is 2160. The van der Waals surface area contributed by atoms with Gasteiger partial charge in [-0.1, -0.05) is 91.0 Å². The highest BCUT2D eigenvalue weighted by molar-refractivity contribution is 14.1. The average Bonchev–Trinajstić information content (AvgIpc) is 3.93. The molecule has 0 aliphatic carbocycles. The summed E-state index contributed by atoms with van der Waals surface area (Å²) >= 11 is 10.9. The van der Waals surface area contributed by atoms with Gasteiger partial charge in [-0.15, -0.1) is 0 Å². The van der Waals surface area contributed by atoms with Gasteiger partial charge in [0.1, 0.15) is 13.0 Å². The van der Waals surface area contributed by atoms with Crippen molar-refractivity contribution in [3.63, 3.8) is 0 Å². The molecule has 0 saturated carbocycles. The monoisotopic (exact) mass is 1050 g/mol. The number of nitro groups is 2. The molecule has 0 bridgehead atoms. The van der Waals surface area contributed by atoms with Crippen LogP contribution in [0, 0.1) is 23.9 Å². The summed E-state index contributed by atoms with van der Waals surface area (Å²) < 4.78 is 9.50. The standard InChI is InChI=1S/C26H17BrIN3O2.C8H4BrIN2O2.C4H8O/c27-22-16-21-23(17-24(22)31(32)33)30(29-25(21)28)26(18-10-4-1-5-11-18,19-12-6-2-7-13-19)20-14-8-3-9-15-20;9-6-2-5-4(3-11-8(5)10)1-7(6)12(13)14;1-2-4-5-3-1/h1-17H;1-2H,3H2;1-4H2. The number of halogens is 4. The van der Waals surface area contributed by atoms with E-state index in [1.807, 2.05) is 59.3 Å². The molecule has 0 N–H and O–H groups in total. The number of hydrogen-bond acceptors (Lipinski definition) is 7. The van der Waals surface area contributed by atoms with Crippen molar-refractivity contribution >= 4 is 103 Å². The van der Waals surface area contributed by atoms with Crippen LogP contribution in [0.1, 0.15) is 40.7 Å². The van der Waals surface area contributed by atoms with Crippen molar-refractivity contribution in [1.29, 1.82) is 0 Å². The molecule has 3 heterocycles. The number of benzene rings is 5. The second-order valence-electron chi connectivity index (χ2n) is 11.7. The molecule has 5 aromatic carbocycles. The smallest absolute Gasteiger partial charge is 0.285 e. The first-order valence-electron chi connectivity index (χ1n) is 16.1. The van der Waals surface area contributed by atoms with Gasteiger partial charge in [0.15, 0.2) is 0 Å². The molecule has 1 saturated heterocycles. The number of nitro benzene ring substituents is 2. The van der Waals surface area contributed by atoms with E-state index in [-0.39, 0.29) is 16.3 Å². The van der Waals surface area contributed by atoms with Crippen molar-refractivity contribution in [1.82, 2.24) is 9.78 Å². The van der Waals surface area contributed by atoms with E-state index in [1.54, 1.807) is 24.3 Å². The molecule has 6 aromatic rings. The summed E-state index contributed by atoms with van der Waals surface area (Å²) in [5.74, 6) is 0. The largest absolute Gasteiger partial charge is 0.381 e. The Morgan fingerprint density at radius 3 is 1.65 bits per heavy atom. The molecule has 0 spiro atoms. The molecule has 0 radical (unpaired) electrons. The maximum atomic E-state index is 11.8. The molecule has 2 aliphatic rings. The Balaban J connectivity index is 0.000000199. The SMILES string of the molecule is C1CCOC1.O=[N+]([O-])c1cc2c(cc1Br)C(I)=NC2.O=[N+]([O-])c1cc2c(cc1Br)c(I)nn2C(c1ccccc1)(c1ccccc1)c1ccccc1. The van der Waals surface area contributed by atoms with Gasteiger partial charge in [-0.3, -0.25) is 25.2 Å². The van der Waals surface area contributed by atoms with E-state index in [0.29, 0.717) is 21.0 Å². The van der Waals surface area contributed by atoms with Gasteiger partial charge in [-0.25, -0.2) is 4.68 Å². The maximum Gasteiger partial charge on any atom is 0.285 e.